The van der Waals surface area contributed by atoms with Crippen molar-refractivity contribution in [2.75, 3.05) is 11.5 Å². The lowest BCUT2D eigenvalue weighted by molar-refractivity contribution is 0.483. The number of nitrogen functional groups attached to an aromatic ring is 2. The number of para-hydroxylation sites is 2. The summed E-state index contributed by atoms with van der Waals surface area (Å²) in [5, 5.41) is 0. The minimum absolute atomic E-state index is 0.253. The summed E-state index contributed by atoms with van der Waals surface area (Å²) in [7, 11) is 0. The molecule has 5 N–H and O–H groups in total. The molecule has 0 saturated carbocycles. The Labute approximate surface area is 217 Å². The molecular formula is C30H24N2O4S. The summed E-state index contributed by atoms with van der Waals surface area (Å²) in [4.78, 5) is 0.253. The first-order valence-electron chi connectivity index (χ1n) is 11.5. The molecule has 0 radical (unpaired) electrons. The first-order chi connectivity index (χ1) is 18.0. The summed E-state index contributed by atoms with van der Waals surface area (Å²) in [6.07, 6.45) is 0. The molecule has 0 aliphatic carbocycles. The Morgan fingerprint density at radius 2 is 1.16 bits per heavy atom. The topological polar surface area (TPSA) is 108 Å². The van der Waals surface area contributed by atoms with Gasteiger partial charge in [0.1, 0.15) is 23.0 Å². The summed E-state index contributed by atoms with van der Waals surface area (Å²) >= 11 is -2.26. The Morgan fingerprint density at radius 3 is 1.86 bits per heavy atom. The Bertz CT molecular complexity index is 1590. The fourth-order valence-electron chi connectivity index (χ4n) is 4.09. The second-order valence-electron chi connectivity index (χ2n) is 8.27. The Morgan fingerprint density at radius 1 is 0.568 bits per heavy atom. The molecule has 0 aromatic heterocycles. The van der Waals surface area contributed by atoms with Crippen LogP contribution in [0.5, 0.6) is 23.0 Å². The molecule has 6 nitrogen and oxygen atoms in total. The highest BCUT2D eigenvalue weighted by molar-refractivity contribution is 7.79. The molecule has 5 aromatic carbocycles. The third-order valence-corrected chi connectivity index (χ3v) is 6.46. The van der Waals surface area contributed by atoms with Crippen LogP contribution in [0.2, 0.25) is 0 Å². The number of nitrogens with two attached hydrogens (primary N) is 2. The number of rotatable bonds is 7. The van der Waals surface area contributed by atoms with Crippen LogP contribution in [0.1, 0.15) is 0 Å². The predicted octanol–water partition coefficient (Wildman–Crippen LogP) is 7.35. The van der Waals surface area contributed by atoms with Crippen molar-refractivity contribution in [1.29, 1.82) is 0 Å². The third-order valence-electron chi connectivity index (χ3n) is 5.74. The molecule has 0 fully saturated rings. The highest BCUT2D eigenvalue weighted by Crippen LogP contribution is 2.45. The maximum absolute atomic E-state index is 12.5. The Kier molecular flexibility index (Phi) is 6.89. The molecule has 0 aliphatic heterocycles. The van der Waals surface area contributed by atoms with Crippen LogP contribution in [0.4, 0.5) is 11.4 Å². The summed E-state index contributed by atoms with van der Waals surface area (Å²) in [5.74, 6) is 2.28. The zero-order valence-corrected chi connectivity index (χ0v) is 20.5. The molecule has 184 valence electrons. The van der Waals surface area contributed by atoms with Gasteiger partial charge in [-0.15, -0.1) is 0 Å². The van der Waals surface area contributed by atoms with Crippen LogP contribution in [0.3, 0.4) is 0 Å². The molecular weight excluding hydrogens is 484 g/mol. The number of benzene rings is 5. The van der Waals surface area contributed by atoms with E-state index in [9.17, 15) is 8.76 Å². The number of ether oxygens (including phenoxy) is 2. The molecule has 5 aromatic rings. The molecule has 1 atom stereocenters. The fraction of sp³-hybridized carbons (Fsp3) is 0. The van der Waals surface area contributed by atoms with Gasteiger partial charge < -0.3 is 25.5 Å². The van der Waals surface area contributed by atoms with Crippen molar-refractivity contribution in [3.8, 4) is 45.3 Å². The van der Waals surface area contributed by atoms with Crippen molar-refractivity contribution in [3.05, 3.63) is 115 Å². The number of anilines is 2. The Balaban J connectivity index is 1.67. The molecule has 0 spiro atoms. The van der Waals surface area contributed by atoms with Crippen molar-refractivity contribution in [2.24, 2.45) is 0 Å². The number of hydrogen-bond acceptors (Lipinski definition) is 5. The molecule has 1 unspecified atom stereocenters. The first-order valence-corrected chi connectivity index (χ1v) is 12.6. The van der Waals surface area contributed by atoms with Crippen molar-refractivity contribution in [3.63, 3.8) is 0 Å². The van der Waals surface area contributed by atoms with Gasteiger partial charge in [0, 0.05) is 34.1 Å². The average molecular weight is 509 g/mol. The molecule has 0 amide bonds. The van der Waals surface area contributed by atoms with Crippen LogP contribution >= 0.6 is 0 Å². The molecule has 7 heteroatoms. The number of hydrogen-bond donors (Lipinski definition) is 3. The van der Waals surface area contributed by atoms with Gasteiger partial charge in [0.15, 0.2) is 11.1 Å². The van der Waals surface area contributed by atoms with Gasteiger partial charge in [0.25, 0.3) is 0 Å². The van der Waals surface area contributed by atoms with Gasteiger partial charge in [0.05, 0.1) is 4.90 Å². The normalized spacial score (nSPS) is 11.6. The molecule has 0 heterocycles. The second-order valence-corrected chi connectivity index (χ2v) is 9.20. The summed E-state index contributed by atoms with van der Waals surface area (Å²) in [5.41, 5.74) is 15.7. The molecule has 0 saturated heterocycles. The van der Waals surface area contributed by atoms with Crippen LogP contribution in [0, 0.1) is 0 Å². The van der Waals surface area contributed by atoms with Gasteiger partial charge in [-0.2, -0.15) is 0 Å². The minimum Gasteiger partial charge on any atom is -0.457 e. The summed E-state index contributed by atoms with van der Waals surface area (Å²) in [6, 6.07) is 34.4. The van der Waals surface area contributed by atoms with Gasteiger partial charge in [-0.05, 0) is 60.2 Å². The van der Waals surface area contributed by atoms with E-state index in [2.05, 4.69) is 0 Å². The van der Waals surface area contributed by atoms with E-state index in [4.69, 9.17) is 20.9 Å². The SMILES string of the molecule is Nc1ccc(Oc2ccccc2-c2cccc(S(=O)O)c2-c2ccccc2Oc2cccc(N)c2)cc1. The van der Waals surface area contributed by atoms with E-state index in [0.717, 1.165) is 11.1 Å². The van der Waals surface area contributed by atoms with Crippen LogP contribution < -0.4 is 20.9 Å². The highest BCUT2D eigenvalue weighted by atomic mass is 32.2. The maximum atomic E-state index is 12.5. The average Bonchev–Trinajstić information content (AvgIpc) is 2.90. The van der Waals surface area contributed by atoms with Gasteiger partial charge in [-0.25, -0.2) is 4.21 Å². The minimum atomic E-state index is -2.26. The van der Waals surface area contributed by atoms with E-state index >= 15 is 0 Å². The lowest BCUT2D eigenvalue weighted by Crippen LogP contribution is -1.99. The predicted molar refractivity (Wildman–Crippen MR) is 148 cm³/mol. The van der Waals surface area contributed by atoms with Crippen molar-refractivity contribution >= 4 is 22.5 Å². The summed E-state index contributed by atoms with van der Waals surface area (Å²) < 4.78 is 35.2. The van der Waals surface area contributed by atoms with E-state index in [1.807, 2.05) is 54.6 Å². The monoisotopic (exact) mass is 508 g/mol. The standard InChI is InChI=1S/C30H24N2O4S/c31-20-15-17-22(18-16-20)35-27-12-3-1-9-24(27)25-11-6-14-29(37(33)34)30(25)26-10-2-4-13-28(26)36-23-8-5-7-21(32)19-23/h1-19H,31-32H2,(H,33,34). The lowest BCUT2D eigenvalue weighted by atomic mass is 9.93. The van der Waals surface area contributed by atoms with Crippen LogP contribution in [-0.2, 0) is 11.1 Å². The third kappa shape index (κ3) is 5.33. The van der Waals surface area contributed by atoms with Crippen LogP contribution in [0.25, 0.3) is 22.3 Å². The van der Waals surface area contributed by atoms with Gasteiger partial charge in [-0.1, -0.05) is 54.6 Å². The zero-order chi connectivity index (χ0) is 25.8. The van der Waals surface area contributed by atoms with Gasteiger partial charge in [-0.3, -0.25) is 0 Å². The van der Waals surface area contributed by atoms with Gasteiger partial charge in [0.2, 0.25) is 0 Å². The molecule has 37 heavy (non-hydrogen) atoms. The van der Waals surface area contributed by atoms with Crippen LogP contribution in [0.15, 0.2) is 120 Å². The van der Waals surface area contributed by atoms with Crippen molar-refractivity contribution < 1.29 is 18.2 Å². The zero-order valence-electron chi connectivity index (χ0n) is 19.7. The Hall–Kier alpha value is -4.59. The van der Waals surface area contributed by atoms with Crippen molar-refractivity contribution in [2.45, 2.75) is 4.90 Å². The molecule has 0 bridgehead atoms. The van der Waals surface area contributed by atoms with E-state index in [0.29, 0.717) is 45.5 Å². The lowest BCUT2D eigenvalue weighted by Gasteiger charge is -2.19. The smallest absolute Gasteiger partial charge is 0.187 e. The summed E-state index contributed by atoms with van der Waals surface area (Å²) in [6.45, 7) is 0. The van der Waals surface area contributed by atoms with E-state index in [1.165, 1.54) is 0 Å². The van der Waals surface area contributed by atoms with Gasteiger partial charge >= 0.3 is 0 Å². The first kappa shape index (κ1) is 24.1. The van der Waals surface area contributed by atoms with E-state index < -0.39 is 11.1 Å². The quantitative estimate of drug-likeness (QED) is 0.157. The van der Waals surface area contributed by atoms with E-state index in [1.54, 1.807) is 60.7 Å². The molecule has 0 aliphatic rings. The highest BCUT2D eigenvalue weighted by Gasteiger charge is 2.21. The fourth-order valence-corrected chi connectivity index (χ4v) is 4.68. The second kappa shape index (κ2) is 10.6. The molecule has 5 rings (SSSR count). The van der Waals surface area contributed by atoms with Crippen molar-refractivity contribution in [1.82, 2.24) is 0 Å². The van der Waals surface area contributed by atoms with Crippen LogP contribution in [-0.4, -0.2) is 8.76 Å². The van der Waals surface area contributed by atoms with E-state index in [-0.39, 0.29) is 4.90 Å². The largest absolute Gasteiger partial charge is 0.457 e. The maximum Gasteiger partial charge on any atom is 0.187 e.